The maximum absolute atomic E-state index is 5.30. The molecule has 6 nitrogen and oxygen atoms in total. The fraction of sp³-hybridized carbons (Fsp3) is 0.583. The second-order valence-corrected chi connectivity index (χ2v) is 5.48. The molecule has 1 aliphatic heterocycles. The number of piperazine rings is 1. The van der Waals surface area contributed by atoms with Crippen LogP contribution >= 0.6 is 11.3 Å². The second-order valence-electron chi connectivity index (χ2n) is 4.50. The van der Waals surface area contributed by atoms with E-state index >= 15 is 0 Å². The molecular weight excluding hydrogens is 262 g/mol. The summed E-state index contributed by atoms with van der Waals surface area (Å²) in [7, 11) is 0. The molecule has 3 rings (SSSR count). The molecule has 2 aromatic heterocycles. The van der Waals surface area contributed by atoms with Crippen molar-refractivity contribution in [3.8, 4) is 0 Å². The lowest BCUT2D eigenvalue weighted by Gasteiger charge is -2.25. The number of hydrogen-bond acceptors (Lipinski definition) is 7. The molecule has 19 heavy (non-hydrogen) atoms. The molecule has 2 aromatic rings. The van der Waals surface area contributed by atoms with Gasteiger partial charge in [0.25, 0.3) is 5.95 Å². The SMILES string of the molecule is c1csc(CCCc2nc(N3CCNCC3)no2)n1. The minimum absolute atomic E-state index is 0.727. The van der Waals surface area contributed by atoms with Crippen molar-refractivity contribution in [3.05, 3.63) is 22.5 Å². The normalized spacial score (nSPS) is 15.9. The van der Waals surface area contributed by atoms with E-state index in [1.165, 1.54) is 5.01 Å². The largest absolute Gasteiger partial charge is 0.337 e. The highest BCUT2D eigenvalue weighted by Crippen LogP contribution is 2.13. The zero-order chi connectivity index (χ0) is 12.9. The van der Waals surface area contributed by atoms with E-state index in [9.17, 15) is 0 Å². The van der Waals surface area contributed by atoms with Crippen molar-refractivity contribution in [1.29, 1.82) is 0 Å². The lowest BCUT2D eigenvalue weighted by atomic mass is 10.2. The summed E-state index contributed by atoms with van der Waals surface area (Å²) in [6.07, 6.45) is 4.63. The van der Waals surface area contributed by atoms with Crippen LogP contribution in [0.5, 0.6) is 0 Å². The van der Waals surface area contributed by atoms with E-state index in [0.29, 0.717) is 0 Å². The van der Waals surface area contributed by atoms with Crippen LogP contribution in [0.1, 0.15) is 17.3 Å². The average molecular weight is 279 g/mol. The Morgan fingerprint density at radius 1 is 1.32 bits per heavy atom. The quantitative estimate of drug-likeness (QED) is 0.884. The number of aryl methyl sites for hydroxylation is 2. The van der Waals surface area contributed by atoms with Crippen molar-refractivity contribution in [2.24, 2.45) is 0 Å². The van der Waals surface area contributed by atoms with Gasteiger partial charge in [-0.2, -0.15) is 4.98 Å². The Labute approximate surface area is 115 Å². The number of thiazole rings is 1. The number of aromatic nitrogens is 3. The van der Waals surface area contributed by atoms with Crippen LogP contribution in [-0.4, -0.2) is 41.3 Å². The molecule has 1 aliphatic rings. The van der Waals surface area contributed by atoms with Crippen LogP contribution in [-0.2, 0) is 12.8 Å². The summed E-state index contributed by atoms with van der Waals surface area (Å²) in [5.41, 5.74) is 0. The van der Waals surface area contributed by atoms with Crippen LogP contribution in [0.25, 0.3) is 0 Å². The highest BCUT2D eigenvalue weighted by Gasteiger charge is 2.16. The van der Waals surface area contributed by atoms with Crippen molar-refractivity contribution in [2.45, 2.75) is 19.3 Å². The van der Waals surface area contributed by atoms with Gasteiger partial charge in [0.05, 0.1) is 5.01 Å². The third kappa shape index (κ3) is 3.30. The van der Waals surface area contributed by atoms with E-state index < -0.39 is 0 Å². The molecule has 1 saturated heterocycles. The van der Waals surface area contributed by atoms with Crippen molar-refractivity contribution < 1.29 is 4.52 Å². The monoisotopic (exact) mass is 279 g/mol. The van der Waals surface area contributed by atoms with Crippen LogP contribution in [0.15, 0.2) is 16.1 Å². The average Bonchev–Trinajstić information content (AvgIpc) is 3.11. The van der Waals surface area contributed by atoms with Crippen molar-refractivity contribution in [3.63, 3.8) is 0 Å². The van der Waals surface area contributed by atoms with Gasteiger partial charge in [-0.1, -0.05) is 0 Å². The summed E-state index contributed by atoms with van der Waals surface area (Å²) >= 11 is 1.69. The van der Waals surface area contributed by atoms with Gasteiger partial charge in [-0.3, -0.25) is 0 Å². The molecule has 0 saturated carbocycles. The van der Waals surface area contributed by atoms with Gasteiger partial charge in [0.2, 0.25) is 5.89 Å². The summed E-state index contributed by atoms with van der Waals surface area (Å²) in [5.74, 6) is 1.45. The maximum atomic E-state index is 5.30. The summed E-state index contributed by atoms with van der Waals surface area (Å²) in [5, 5.41) is 10.5. The minimum atomic E-state index is 0.727. The van der Waals surface area contributed by atoms with Gasteiger partial charge in [0, 0.05) is 44.2 Å². The van der Waals surface area contributed by atoms with Gasteiger partial charge in [0.15, 0.2) is 0 Å². The Bertz CT molecular complexity index is 492. The first kappa shape index (κ1) is 12.6. The van der Waals surface area contributed by atoms with Gasteiger partial charge in [-0.15, -0.1) is 11.3 Å². The van der Waals surface area contributed by atoms with Crippen LogP contribution in [0, 0.1) is 0 Å². The Balaban J connectivity index is 1.50. The topological polar surface area (TPSA) is 67.1 Å². The fourth-order valence-electron chi connectivity index (χ4n) is 2.11. The number of nitrogens with zero attached hydrogens (tertiary/aromatic N) is 4. The first-order valence-corrected chi connectivity index (χ1v) is 7.46. The van der Waals surface area contributed by atoms with Gasteiger partial charge in [0.1, 0.15) is 0 Å². The van der Waals surface area contributed by atoms with Gasteiger partial charge < -0.3 is 14.7 Å². The van der Waals surface area contributed by atoms with Crippen molar-refractivity contribution >= 4 is 17.3 Å². The fourth-order valence-corrected chi connectivity index (χ4v) is 2.77. The van der Waals surface area contributed by atoms with E-state index in [1.54, 1.807) is 11.3 Å². The molecule has 0 aromatic carbocycles. The van der Waals surface area contributed by atoms with Crippen LogP contribution in [0.4, 0.5) is 5.95 Å². The van der Waals surface area contributed by atoms with E-state index in [0.717, 1.165) is 57.3 Å². The molecule has 0 radical (unpaired) electrons. The smallest absolute Gasteiger partial charge is 0.266 e. The predicted octanol–water partition coefficient (Wildman–Crippen LogP) is 1.11. The maximum Gasteiger partial charge on any atom is 0.266 e. The lowest BCUT2D eigenvalue weighted by Crippen LogP contribution is -2.44. The predicted molar refractivity (Wildman–Crippen MR) is 73.5 cm³/mol. The molecule has 0 amide bonds. The van der Waals surface area contributed by atoms with E-state index in [1.807, 2.05) is 11.6 Å². The second kappa shape index (κ2) is 6.12. The standard InChI is InChI=1S/C12H17N5OS/c1(3-11-14-6-9-19-11)2-10-15-12(16-18-10)17-7-4-13-5-8-17/h6,9,13H,1-5,7-8H2. The van der Waals surface area contributed by atoms with E-state index in [4.69, 9.17) is 4.52 Å². The molecule has 1 N–H and O–H groups in total. The van der Waals surface area contributed by atoms with Crippen LogP contribution in [0.2, 0.25) is 0 Å². The first-order chi connectivity index (χ1) is 9.42. The van der Waals surface area contributed by atoms with E-state index in [2.05, 4.69) is 25.3 Å². The summed E-state index contributed by atoms with van der Waals surface area (Å²) in [4.78, 5) is 10.9. The van der Waals surface area contributed by atoms with Gasteiger partial charge in [-0.05, 0) is 18.0 Å². The molecular formula is C12H17N5OS. The molecule has 0 unspecified atom stereocenters. The third-order valence-electron chi connectivity index (χ3n) is 3.12. The van der Waals surface area contributed by atoms with E-state index in [-0.39, 0.29) is 0 Å². The highest BCUT2D eigenvalue weighted by atomic mass is 32.1. The first-order valence-electron chi connectivity index (χ1n) is 6.58. The number of anilines is 1. The zero-order valence-electron chi connectivity index (χ0n) is 10.7. The number of rotatable bonds is 5. The molecule has 0 aliphatic carbocycles. The van der Waals surface area contributed by atoms with Crippen LogP contribution in [0.3, 0.4) is 0 Å². The van der Waals surface area contributed by atoms with Crippen molar-refractivity contribution in [2.75, 3.05) is 31.1 Å². The zero-order valence-corrected chi connectivity index (χ0v) is 11.5. The summed E-state index contributed by atoms with van der Waals surface area (Å²) in [6, 6.07) is 0. The molecule has 7 heteroatoms. The lowest BCUT2D eigenvalue weighted by molar-refractivity contribution is 0.374. The van der Waals surface area contributed by atoms with Crippen LogP contribution < -0.4 is 10.2 Å². The molecule has 3 heterocycles. The summed E-state index contributed by atoms with van der Waals surface area (Å²) < 4.78 is 5.30. The summed E-state index contributed by atoms with van der Waals surface area (Å²) in [6.45, 7) is 3.85. The number of nitrogens with one attached hydrogen (secondary N) is 1. The van der Waals surface area contributed by atoms with Gasteiger partial charge in [-0.25, -0.2) is 4.98 Å². The molecule has 1 fully saturated rings. The minimum Gasteiger partial charge on any atom is -0.337 e. The Morgan fingerprint density at radius 3 is 3.00 bits per heavy atom. The molecule has 0 spiro atoms. The third-order valence-corrected chi connectivity index (χ3v) is 3.96. The van der Waals surface area contributed by atoms with Crippen molar-refractivity contribution in [1.82, 2.24) is 20.4 Å². The van der Waals surface area contributed by atoms with Gasteiger partial charge >= 0.3 is 0 Å². The Morgan fingerprint density at radius 2 is 2.21 bits per heavy atom. The Hall–Kier alpha value is -1.47. The highest BCUT2D eigenvalue weighted by molar-refractivity contribution is 7.09. The molecule has 0 atom stereocenters. The number of hydrogen-bond donors (Lipinski definition) is 1. The Kier molecular flexibility index (Phi) is 4.04. The molecule has 102 valence electrons. The molecule has 0 bridgehead atoms.